The second-order valence-corrected chi connectivity index (χ2v) is 7.12. The highest BCUT2D eigenvalue weighted by molar-refractivity contribution is 7.99. The van der Waals surface area contributed by atoms with Gasteiger partial charge in [-0.3, -0.25) is 9.59 Å². The highest BCUT2D eigenvalue weighted by Crippen LogP contribution is 2.39. The Morgan fingerprint density at radius 1 is 1.44 bits per heavy atom. The van der Waals surface area contributed by atoms with E-state index in [9.17, 15) is 14.7 Å². The van der Waals surface area contributed by atoms with Crippen LogP contribution < -0.4 is 15.6 Å². The molecule has 0 spiro atoms. The number of nitrogens with one attached hydrogen (secondary N) is 2. The van der Waals surface area contributed by atoms with Crippen LogP contribution in [0.15, 0.2) is 40.8 Å². The number of phenolic OH excluding ortho intramolecular Hbond substituents is 1. The van der Waals surface area contributed by atoms with Crippen molar-refractivity contribution >= 4 is 23.5 Å². The Morgan fingerprint density at radius 2 is 2.26 bits per heavy atom. The van der Waals surface area contributed by atoms with E-state index in [1.165, 1.54) is 17.8 Å². The molecule has 1 aliphatic heterocycles. The molecule has 1 unspecified atom stereocenters. The van der Waals surface area contributed by atoms with Crippen LogP contribution in [0.2, 0.25) is 0 Å². The van der Waals surface area contributed by atoms with Gasteiger partial charge in [-0.2, -0.15) is 0 Å². The van der Waals surface area contributed by atoms with Gasteiger partial charge in [-0.1, -0.05) is 30.8 Å². The fourth-order valence-electron chi connectivity index (χ4n) is 2.95. The maximum absolute atomic E-state index is 12.7. The first kappa shape index (κ1) is 19.0. The van der Waals surface area contributed by atoms with Crippen molar-refractivity contribution in [3.05, 3.63) is 52.3 Å². The molecule has 8 heteroatoms. The molecule has 1 aliphatic rings. The summed E-state index contributed by atoms with van der Waals surface area (Å²) < 4.78 is 5.52. The number of ether oxygens (including phenoxy) is 1. The Labute approximate surface area is 160 Å². The van der Waals surface area contributed by atoms with Gasteiger partial charge < -0.3 is 20.1 Å². The van der Waals surface area contributed by atoms with Gasteiger partial charge in [-0.25, -0.2) is 4.98 Å². The Kier molecular flexibility index (Phi) is 5.85. The van der Waals surface area contributed by atoms with Crippen LogP contribution in [0.5, 0.6) is 11.5 Å². The van der Waals surface area contributed by atoms with E-state index in [0.29, 0.717) is 34.4 Å². The van der Waals surface area contributed by atoms with Crippen LogP contribution >= 0.6 is 11.8 Å². The molecule has 1 atom stereocenters. The first-order valence-electron chi connectivity index (χ1n) is 8.67. The Morgan fingerprint density at radius 3 is 2.96 bits per heavy atom. The van der Waals surface area contributed by atoms with Crippen LogP contribution in [-0.2, 0) is 4.79 Å². The highest BCUT2D eigenvalue weighted by atomic mass is 32.2. The minimum absolute atomic E-state index is 0.0150. The zero-order valence-electron chi connectivity index (χ0n) is 14.9. The third kappa shape index (κ3) is 4.16. The first-order chi connectivity index (χ1) is 13.0. The number of anilines is 1. The molecular weight excluding hydrogens is 366 g/mol. The number of nitrogens with zero attached hydrogens (tertiary/aromatic N) is 1. The standard InChI is InChI=1S/C19H21N3O4S/c1-3-7-26-11-5-6-12(14(23)9-11)13-10-15(24)20-17-16(13)18(25)22-19(21-17)27-8-4-2/h4-6,9,13,23H,2-3,7-8,10H2,1H3,(H2,20,21,22,24,25). The normalized spacial score (nSPS) is 15.7. The van der Waals surface area contributed by atoms with Gasteiger partial charge in [-0.15, -0.1) is 6.58 Å². The SMILES string of the molecule is C=CCSc1nc2c(c(=O)[nH]1)C(c1ccc(OCCC)cc1O)CC(=O)N2. The number of carbonyl (C=O) groups is 1. The summed E-state index contributed by atoms with van der Waals surface area (Å²) in [6, 6.07) is 4.92. The molecule has 0 saturated heterocycles. The topological polar surface area (TPSA) is 104 Å². The molecule has 3 N–H and O–H groups in total. The third-order valence-electron chi connectivity index (χ3n) is 4.12. The average molecular weight is 387 g/mol. The van der Waals surface area contributed by atoms with Gasteiger partial charge in [-0.05, 0) is 12.5 Å². The smallest absolute Gasteiger partial charge is 0.257 e. The number of phenols is 1. The van der Waals surface area contributed by atoms with Crippen LogP contribution in [0.4, 0.5) is 5.82 Å². The van der Waals surface area contributed by atoms with Gasteiger partial charge >= 0.3 is 0 Å². The van der Waals surface area contributed by atoms with Crippen molar-refractivity contribution < 1.29 is 14.6 Å². The predicted octanol–water partition coefficient (Wildman–Crippen LogP) is 3.02. The molecule has 142 valence electrons. The second-order valence-electron chi connectivity index (χ2n) is 6.11. The summed E-state index contributed by atoms with van der Waals surface area (Å²) in [6.07, 6.45) is 2.61. The van der Waals surface area contributed by atoms with Crippen molar-refractivity contribution in [3.8, 4) is 11.5 Å². The van der Waals surface area contributed by atoms with Gasteiger partial charge in [0.15, 0.2) is 5.16 Å². The van der Waals surface area contributed by atoms with Crippen molar-refractivity contribution in [2.45, 2.75) is 30.8 Å². The summed E-state index contributed by atoms with van der Waals surface area (Å²) >= 11 is 1.32. The van der Waals surface area contributed by atoms with Gasteiger partial charge in [0.1, 0.15) is 17.3 Å². The molecular formula is C19H21N3O4S. The van der Waals surface area contributed by atoms with E-state index in [4.69, 9.17) is 4.74 Å². The number of aromatic amines is 1. The lowest BCUT2D eigenvalue weighted by molar-refractivity contribution is -0.116. The molecule has 1 aromatic heterocycles. The molecule has 0 saturated carbocycles. The number of aromatic hydroxyl groups is 1. The number of H-pyrrole nitrogens is 1. The molecule has 7 nitrogen and oxygen atoms in total. The van der Waals surface area contributed by atoms with Gasteiger partial charge in [0.25, 0.3) is 5.56 Å². The number of hydrogen-bond donors (Lipinski definition) is 3. The van der Waals surface area contributed by atoms with E-state index in [2.05, 4.69) is 21.9 Å². The van der Waals surface area contributed by atoms with Crippen molar-refractivity contribution in [2.24, 2.45) is 0 Å². The number of carbonyl (C=O) groups excluding carboxylic acids is 1. The third-order valence-corrected chi connectivity index (χ3v) is 4.99. The van der Waals surface area contributed by atoms with E-state index < -0.39 is 5.92 Å². The lowest BCUT2D eigenvalue weighted by Crippen LogP contribution is -2.31. The van der Waals surface area contributed by atoms with Crippen molar-refractivity contribution in [1.82, 2.24) is 9.97 Å². The minimum Gasteiger partial charge on any atom is -0.508 e. The Hall–Kier alpha value is -2.74. The van der Waals surface area contributed by atoms with Gasteiger partial charge in [0, 0.05) is 29.7 Å². The van der Waals surface area contributed by atoms with Gasteiger partial charge in [0.2, 0.25) is 5.91 Å². The highest BCUT2D eigenvalue weighted by Gasteiger charge is 2.32. The van der Waals surface area contributed by atoms with Crippen LogP contribution in [0.25, 0.3) is 0 Å². The van der Waals surface area contributed by atoms with E-state index in [0.717, 1.165) is 6.42 Å². The maximum Gasteiger partial charge on any atom is 0.257 e. The number of aromatic nitrogens is 2. The predicted molar refractivity (Wildman–Crippen MR) is 105 cm³/mol. The summed E-state index contributed by atoms with van der Waals surface area (Å²) in [5.74, 6) is 0.511. The summed E-state index contributed by atoms with van der Waals surface area (Å²) in [4.78, 5) is 31.9. The van der Waals surface area contributed by atoms with E-state index in [-0.39, 0.29) is 29.5 Å². The van der Waals surface area contributed by atoms with Crippen LogP contribution in [0.3, 0.4) is 0 Å². The molecule has 1 aromatic carbocycles. The number of amides is 1. The molecule has 0 fully saturated rings. The monoisotopic (exact) mass is 387 g/mol. The number of benzene rings is 1. The van der Waals surface area contributed by atoms with E-state index in [1.54, 1.807) is 18.2 Å². The zero-order valence-corrected chi connectivity index (χ0v) is 15.8. The lowest BCUT2D eigenvalue weighted by Gasteiger charge is -2.25. The molecule has 1 amide bonds. The number of fused-ring (bicyclic) bond motifs is 1. The van der Waals surface area contributed by atoms with Crippen molar-refractivity contribution in [2.75, 3.05) is 17.7 Å². The molecule has 0 aliphatic carbocycles. The lowest BCUT2D eigenvalue weighted by atomic mass is 9.86. The summed E-state index contributed by atoms with van der Waals surface area (Å²) in [5.41, 5.74) is 0.506. The average Bonchev–Trinajstić information content (AvgIpc) is 2.63. The number of thioether (sulfide) groups is 1. The Balaban J connectivity index is 2.00. The molecule has 2 aromatic rings. The van der Waals surface area contributed by atoms with Gasteiger partial charge in [0.05, 0.1) is 12.2 Å². The molecule has 0 bridgehead atoms. The minimum atomic E-state index is -0.580. The number of rotatable bonds is 7. The van der Waals surface area contributed by atoms with E-state index >= 15 is 0 Å². The molecule has 2 heterocycles. The molecule has 3 rings (SSSR count). The molecule has 0 radical (unpaired) electrons. The maximum atomic E-state index is 12.7. The quantitative estimate of drug-likeness (QED) is 0.383. The first-order valence-corrected chi connectivity index (χ1v) is 9.65. The van der Waals surface area contributed by atoms with Crippen LogP contribution in [0.1, 0.15) is 36.8 Å². The molecule has 27 heavy (non-hydrogen) atoms. The summed E-state index contributed by atoms with van der Waals surface area (Å²) in [5, 5.41) is 13.5. The number of hydrogen-bond acceptors (Lipinski definition) is 6. The second kappa shape index (κ2) is 8.30. The summed E-state index contributed by atoms with van der Waals surface area (Å²) in [6.45, 7) is 6.17. The van der Waals surface area contributed by atoms with Crippen molar-refractivity contribution in [3.63, 3.8) is 0 Å². The van der Waals surface area contributed by atoms with E-state index in [1.807, 2.05) is 6.92 Å². The largest absolute Gasteiger partial charge is 0.508 e. The van der Waals surface area contributed by atoms with Crippen LogP contribution in [0, 0.1) is 0 Å². The summed E-state index contributed by atoms with van der Waals surface area (Å²) in [7, 11) is 0. The fraction of sp³-hybridized carbons (Fsp3) is 0.316. The fourth-order valence-corrected chi connectivity index (χ4v) is 3.55. The Bertz CT molecular complexity index is 926. The zero-order chi connectivity index (χ0) is 19.4. The van der Waals surface area contributed by atoms with Crippen LogP contribution in [-0.4, -0.2) is 33.3 Å². The van der Waals surface area contributed by atoms with Crippen molar-refractivity contribution in [1.29, 1.82) is 0 Å².